The minimum atomic E-state index is 0.593. The normalized spacial score (nSPS) is 10.9. The Morgan fingerprint density at radius 2 is 1.55 bits per heavy atom. The van der Waals surface area contributed by atoms with Crippen molar-refractivity contribution < 1.29 is 14.2 Å². The molecule has 152 valence electrons. The molecule has 5 aromatic rings. The minimum absolute atomic E-state index is 0.593. The summed E-state index contributed by atoms with van der Waals surface area (Å²) in [6.45, 7) is 0. The van der Waals surface area contributed by atoms with Gasteiger partial charge in [-0.1, -0.05) is 0 Å². The number of hydrogen-bond acceptors (Lipinski definition) is 7. The van der Waals surface area contributed by atoms with Crippen LogP contribution in [0.1, 0.15) is 0 Å². The van der Waals surface area contributed by atoms with Crippen molar-refractivity contribution in [2.75, 3.05) is 14.2 Å². The first-order valence-electron chi connectivity index (χ1n) is 9.60. The highest BCUT2D eigenvalue weighted by Gasteiger charge is 2.15. The van der Waals surface area contributed by atoms with Crippen LogP contribution < -0.4 is 14.2 Å². The van der Waals surface area contributed by atoms with E-state index in [1.807, 2.05) is 42.5 Å². The van der Waals surface area contributed by atoms with Gasteiger partial charge in [0.25, 0.3) is 0 Å². The molecule has 0 atom stereocenters. The zero-order valence-electron chi connectivity index (χ0n) is 16.9. The van der Waals surface area contributed by atoms with Gasteiger partial charge < -0.3 is 14.2 Å². The Bertz CT molecular complexity index is 1390. The van der Waals surface area contributed by atoms with E-state index in [-0.39, 0.29) is 0 Å². The number of aromatic nitrogens is 4. The number of hydrogen-bond donors (Lipinski definition) is 0. The van der Waals surface area contributed by atoms with Gasteiger partial charge in [0.1, 0.15) is 11.4 Å². The fourth-order valence-corrected chi connectivity index (χ4v) is 3.44. The molecule has 7 heteroatoms. The van der Waals surface area contributed by atoms with Gasteiger partial charge in [-0.2, -0.15) is 0 Å². The highest BCUT2D eigenvalue weighted by molar-refractivity contribution is 5.89. The van der Waals surface area contributed by atoms with Crippen LogP contribution in [0, 0.1) is 0 Å². The van der Waals surface area contributed by atoms with Gasteiger partial charge in [0.2, 0.25) is 0 Å². The molecule has 0 aliphatic rings. The third-order valence-electron chi connectivity index (χ3n) is 4.94. The monoisotopic (exact) mass is 410 g/mol. The maximum Gasteiger partial charge on any atom is 0.162 e. The third-order valence-corrected chi connectivity index (χ3v) is 4.94. The van der Waals surface area contributed by atoms with E-state index in [1.54, 1.807) is 45.2 Å². The predicted octanol–water partition coefficient (Wildman–Crippen LogP) is 5.05. The average Bonchev–Trinajstić information content (AvgIpc) is 2.83. The molecule has 0 bridgehead atoms. The Balaban J connectivity index is 1.69. The first-order chi connectivity index (χ1) is 15.3. The zero-order valence-corrected chi connectivity index (χ0v) is 16.9. The molecular weight excluding hydrogens is 392 g/mol. The Kier molecular flexibility index (Phi) is 4.76. The van der Waals surface area contributed by atoms with Crippen LogP contribution in [0.25, 0.3) is 33.1 Å². The van der Waals surface area contributed by atoms with Crippen LogP contribution >= 0.6 is 0 Å². The summed E-state index contributed by atoms with van der Waals surface area (Å²) in [5.41, 5.74) is 3.10. The Hall–Kier alpha value is -4.26. The van der Waals surface area contributed by atoms with Gasteiger partial charge >= 0.3 is 0 Å². The van der Waals surface area contributed by atoms with Crippen LogP contribution in [0.5, 0.6) is 23.0 Å². The second-order valence-corrected chi connectivity index (χ2v) is 6.78. The van der Waals surface area contributed by atoms with Crippen LogP contribution in [0.2, 0.25) is 0 Å². The van der Waals surface area contributed by atoms with E-state index in [0.717, 1.165) is 27.4 Å². The molecule has 0 spiro atoms. The van der Waals surface area contributed by atoms with Gasteiger partial charge in [0.15, 0.2) is 17.2 Å². The van der Waals surface area contributed by atoms with E-state index >= 15 is 0 Å². The first kappa shape index (κ1) is 18.7. The van der Waals surface area contributed by atoms with Crippen molar-refractivity contribution in [1.82, 2.24) is 19.9 Å². The molecule has 0 saturated carbocycles. The smallest absolute Gasteiger partial charge is 0.162 e. The second-order valence-electron chi connectivity index (χ2n) is 6.78. The van der Waals surface area contributed by atoms with Crippen molar-refractivity contribution in [3.05, 3.63) is 73.4 Å². The van der Waals surface area contributed by atoms with Crippen LogP contribution in [-0.2, 0) is 0 Å². The average molecular weight is 410 g/mol. The molecule has 7 nitrogen and oxygen atoms in total. The van der Waals surface area contributed by atoms with E-state index in [2.05, 4.69) is 15.0 Å². The standard InChI is InChI=1S/C24H18N4O3/c1-29-21-11-17-19(12-22(21)30-2)27-9-6-20(17)31-23-10-16-14-26-8-5-18(16)28-24(23)15-4-3-7-25-13-15/h3-14H,1-2H3. The van der Waals surface area contributed by atoms with Crippen LogP contribution in [0.4, 0.5) is 0 Å². The van der Waals surface area contributed by atoms with Crippen molar-refractivity contribution in [2.24, 2.45) is 0 Å². The lowest BCUT2D eigenvalue weighted by Crippen LogP contribution is -1.96. The van der Waals surface area contributed by atoms with Crippen molar-refractivity contribution in [2.45, 2.75) is 0 Å². The van der Waals surface area contributed by atoms with Crippen LogP contribution in [-0.4, -0.2) is 34.2 Å². The fraction of sp³-hybridized carbons (Fsp3) is 0.0833. The van der Waals surface area contributed by atoms with Gasteiger partial charge in [-0.25, -0.2) is 4.98 Å². The maximum atomic E-state index is 6.40. The summed E-state index contributed by atoms with van der Waals surface area (Å²) in [7, 11) is 3.19. The number of fused-ring (bicyclic) bond motifs is 2. The molecule has 0 aliphatic heterocycles. The number of benzene rings is 1. The Morgan fingerprint density at radius 3 is 2.35 bits per heavy atom. The molecule has 0 radical (unpaired) electrons. The summed E-state index contributed by atoms with van der Waals surface area (Å²) < 4.78 is 17.3. The SMILES string of the molecule is COc1cc2nccc(Oc3cc4cnccc4nc3-c3cccnc3)c2cc1OC. The fourth-order valence-electron chi connectivity index (χ4n) is 3.44. The summed E-state index contributed by atoms with van der Waals surface area (Å²) in [4.78, 5) is 17.7. The van der Waals surface area contributed by atoms with Crippen molar-refractivity contribution in [1.29, 1.82) is 0 Å². The molecule has 5 rings (SSSR count). The molecule has 4 heterocycles. The van der Waals surface area contributed by atoms with Gasteiger partial charge in [-0.15, -0.1) is 0 Å². The summed E-state index contributed by atoms with van der Waals surface area (Å²) in [6.07, 6.45) is 8.68. The quantitative estimate of drug-likeness (QED) is 0.401. The molecule has 1 aromatic carbocycles. The van der Waals surface area contributed by atoms with E-state index in [9.17, 15) is 0 Å². The summed E-state index contributed by atoms with van der Waals surface area (Å²) in [5.74, 6) is 2.42. The number of ether oxygens (including phenoxy) is 3. The lowest BCUT2D eigenvalue weighted by molar-refractivity contribution is 0.355. The van der Waals surface area contributed by atoms with Gasteiger partial charge in [-0.05, 0) is 36.4 Å². The third kappa shape index (κ3) is 3.46. The molecule has 0 N–H and O–H groups in total. The molecule has 31 heavy (non-hydrogen) atoms. The highest BCUT2D eigenvalue weighted by atomic mass is 16.5. The van der Waals surface area contributed by atoms with Gasteiger partial charge in [0, 0.05) is 53.4 Å². The summed E-state index contributed by atoms with van der Waals surface area (Å²) in [6, 6.07) is 13.1. The Morgan fingerprint density at radius 1 is 0.710 bits per heavy atom. The number of rotatable bonds is 5. The lowest BCUT2D eigenvalue weighted by atomic mass is 10.1. The summed E-state index contributed by atoms with van der Waals surface area (Å²) >= 11 is 0. The number of methoxy groups -OCH3 is 2. The van der Waals surface area contributed by atoms with Crippen LogP contribution in [0.3, 0.4) is 0 Å². The minimum Gasteiger partial charge on any atom is -0.493 e. The molecule has 0 aliphatic carbocycles. The van der Waals surface area contributed by atoms with Gasteiger partial charge in [0.05, 0.1) is 25.3 Å². The zero-order chi connectivity index (χ0) is 21.2. The number of nitrogens with zero attached hydrogens (tertiary/aromatic N) is 4. The van der Waals surface area contributed by atoms with Crippen molar-refractivity contribution >= 4 is 21.8 Å². The van der Waals surface area contributed by atoms with Crippen molar-refractivity contribution in [3.63, 3.8) is 0 Å². The maximum absolute atomic E-state index is 6.40. The lowest BCUT2D eigenvalue weighted by Gasteiger charge is -2.15. The van der Waals surface area contributed by atoms with E-state index in [1.165, 1.54) is 0 Å². The topological polar surface area (TPSA) is 79.3 Å². The van der Waals surface area contributed by atoms with E-state index < -0.39 is 0 Å². The first-order valence-corrected chi connectivity index (χ1v) is 9.60. The van der Waals surface area contributed by atoms with Crippen LogP contribution in [0.15, 0.2) is 73.4 Å². The Labute approximate surface area is 178 Å². The van der Waals surface area contributed by atoms with E-state index in [4.69, 9.17) is 19.2 Å². The predicted molar refractivity (Wildman–Crippen MR) is 118 cm³/mol. The number of pyridine rings is 4. The van der Waals surface area contributed by atoms with Gasteiger partial charge in [-0.3, -0.25) is 15.0 Å². The molecule has 4 aromatic heterocycles. The summed E-state index contributed by atoms with van der Waals surface area (Å²) in [5, 5.41) is 1.67. The molecular formula is C24H18N4O3. The molecule has 0 amide bonds. The largest absolute Gasteiger partial charge is 0.493 e. The van der Waals surface area contributed by atoms with E-state index in [0.29, 0.717) is 28.7 Å². The molecule has 0 fully saturated rings. The molecule has 0 saturated heterocycles. The van der Waals surface area contributed by atoms with Crippen molar-refractivity contribution in [3.8, 4) is 34.3 Å². The highest BCUT2D eigenvalue weighted by Crippen LogP contribution is 2.39. The second kappa shape index (κ2) is 7.87. The molecule has 0 unspecified atom stereocenters.